The highest BCUT2D eigenvalue weighted by Gasteiger charge is 2.29. The lowest BCUT2D eigenvalue weighted by Crippen LogP contribution is -2.32. The quantitative estimate of drug-likeness (QED) is 0.650. The molecule has 106 valence electrons. The van der Waals surface area contributed by atoms with Crippen LogP contribution in [-0.4, -0.2) is 24.0 Å². The number of nitrogens with one attached hydrogen (secondary N) is 2. The largest absolute Gasteiger partial charge is 0.747 e. The number of halogens is 3. The van der Waals surface area contributed by atoms with Gasteiger partial charge >= 0.3 is 6.18 Å². The molecule has 2 N–H and O–H groups in total. The van der Waals surface area contributed by atoms with Crippen molar-refractivity contribution in [3.8, 4) is 0 Å². The van der Waals surface area contributed by atoms with Gasteiger partial charge in [0.25, 0.3) is 0 Å². The molecule has 0 radical (unpaired) electrons. The first-order valence-electron chi connectivity index (χ1n) is 4.73. The number of anilines is 1. The van der Waals surface area contributed by atoms with Gasteiger partial charge in [-0.1, -0.05) is 0 Å². The van der Waals surface area contributed by atoms with E-state index in [1.54, 1.807) is 0 Å². The average molecular weight is 313 g/mol. The van der Waals surface area contributed by atoms with Crippen molar-refractivity contribution in [2.45, 2.75) is 6.18 Å². The molecule has 0 unspecified atom stereocenters. The van der Waals surface area contributed by atoms with Crippen LogP contribution in [0.2, 0.25) is 0 Å². The molecule has 0 bridgehead atoms. The second-order valence-corrected chi connectivity index (χ2v) is 5.22. The van der Waals surface area contributed by atoms with E-state index in [4.69, 9.17) is 0 Å². The van der Waals surface area contributed by atoms with Crippen LogP contribution >= 0.6 is 12.2 Å². The molecule has 0 spiro atoms. The lowest BCUT2D eigenvalue weighted by molar-refractivity contribution is -0.137. The van der Waals surface area contributed by atoms with Crippen molar-refractivity contribution < 1.29 is 26.1 Å². The predicted octanol–water partition coefficient (Wildman–Crippen LogP) is 1.49. The van der Waals surface area contributed by atoms with E-state index < -0.39 is 27.7 Å². The highest BCUT2D eigenvalue weighted by Crippen LogP contribution is 2.29. The first-order chi connectivity index (χ1) is 8.58. The van der Waals surface area contributed by atoms with E-state index >= 15 is 0 Å². The van der Waals surface area contributed by atoms with Gasteiger partial charge in [0.2, 0.25) is 0 Å². The third kappa shape index (κ3) is 5.85. The maximum atomic E-state index is 12.3. The van der Waals surface area contributed by atoms with Gasteiger partial charge in [-0.05, 0) is 36.5 Å². The third-order valence-corrected chi connectivity index (χ3v) is 2.62. The number of benzene rings is 1. The van der Waals surface area contributed by atoms with Crippen LogP contribution in [-0.2, 0) is 16.3 Å². The Balaban J connectivity index is 2.61. The molecule has 10 heteroatoms. The van der Waals surface area contributed by atoms with Crippen molar-refractivity contribution in [2.24, 2.45) is 0 Å². The van der Waals surface area contributed by atoms with Gasteiger partial charge < -0.3 is 15.2 Å². The van der Waals surface area contributed by atoms with Gasteiger partial charge in [-0.3, -0.25) is 0 Å². The zero-order valence-corrected chi connectivity index (χ0v) is 10.8. The minimum Gasteiger partial charge on any atom is -0.747 e. The number of hydrogen-bond acceptors (Lipinski definition) is 4. The lowest BCUT2D eigenvalue weighted by atomic mass is 10.2. The second kappa shape index (κ2) is 5.72. The molecule has 0 aliphatic heterocycles. The molecule has 0 saturated carbocycles. The molecule has 5 nitrogen and oxygen atoms in total. The summed E-state index contributed by atoms with van der Waals surface area (Å²) in [4.78, 5) is 0. The van der Waals surface area contributed by atoms with Crippen LogP contribution in [0.1, 0.15) is 5.56 Å². The average Bonchev–Trinajstić information content (AvgIpc) is 2.25. The van der Waals surface area contributed by atoms with E-state index in [1.807, 2.05) is 0 Å². The summed E-state index contributed by atoms with van der Waals surface area (Å²) in [5.41, 5.74) is -0.590. The maximum absolute atomic E-state index is 12.3. The summed E-state index contributed by atoms with van der Waals surface area (Å²) in [6, 6.07) is 3.94. The fourth-order valence-corrected chi connectivity index (χ4v) is 1.67. The van der Waals surface area contributed by atoms with Gasteiger partial charge in [-0.25, -0.2) is 8.42 Å². The minimum absolute atomic E-state index is 0.181. The first-order valence-corrected chi connectivity index (χ1v) is 6.72. The number of hydrogen-bond donors (Lipinski definition) is 2. The summed E-state index contributed by atoms with van der Waals surface area (Å²) < 4.78 is 67.8. The molecule has 0 fully saturated rings. The Morgan fingerprint density at radius 3 is 2.21 bits per heavy atom. The van der Waals surface area contributed by atoms with E-state index in [0.29, 0.717) is 0 Å². The normalized spacial score (nSPS) is 12.0. The van der Waals surface area contributed by atoms with Crippen LogP contribution in [0.3, 0.4) is 0 Å². The van der Waals surface area contributed by atoms with Crippen molar-refractivity contribution in [1.29, 1.82) is 0 Å². The van der Waals surface area contributed by atoms with Crippen molar-refractivity contribution in [1.82, 2.24) is 5.32 Å². The van der Waals surface area contributed by atoms with Gasteiger partial charge in [0, 0.05) is 5.69 Å². The number of alkyl halides is 3. The Hall–Kier alpha value is -1.39. The topological polar surface area (TPSA) is 81.3 Å². The van der Waals surface area contributed by atoms with Crippen LogP contribution < -0.4 is 10.6 Å². The zero-order valence-electron chi connectivity index (χ0n) is 9.19. The van der Waals surface area contributed by atoms with Crippen LogP contribution in [0.5, 0.6) is 0 Å². The maximum Gasteiger partial charge on any atom is 0.416 e. The summed E-state index contributed by atoms with van der Waals surface area (Å²) in [7, 11) is -4.47. The Bertz CT molecular complexity index is 555. The molecule has 1 aromatic rings. The Labute approximate surface area is 112 Å². The Morgan fingerprint density at radius 2 is 1.79 bits per heavy atom. The minimum atomic E-state index is -4.47. The van der Waals surface area contributed by atoms with Gasteiger partial charge in [-0.2, -0.15) is 13.2 Å². The molecule has 0 amide bonds. The van der Waals surface area contributed by atoms with Crippen LogP contribution in [0, 0.1) is 0 Å². The fraction of sp³-hybridized carbons (Fsp3) is 0.222. The molecule has 0 aromatic heterocycles. The molecule has 19 heavy (non-hydrogen) atoms. The first kappa shape index (κ1) is 15.7. The van der Waals surface area contributed by atoms with E-state index in [0.717, 1.165) is 24.3 Å². The van der Waals surface area contributed by atoms with E-state index in [-0.39, 0.29) is 10.8 Å². The molecule has 1 rings (SSSR count). The van der Waals surface area contributed by atoms with E-state index in [2.05, 4.69) is 22.9 Å². The van der Waals surface area contributed by atoms with Crippen molar-refractivity contribution >= 4 is 33.1 Å². The fourth-order valence-electron chi connectivity index (χ4n) is 1.07. The van der Waals surface area contributed by atoms with Crippen LogP contribution in [0.4, 0.5) is 18.9 Å². The Morgan fingerprint density at radius 1 is 1.26 bits per heavy atom. The third-order valence-electron chi connectivity index (χ3n) is 1.88. The van der Waals surface area contributed by atoms with Gasteiger partial charge in [0.05, 0.1) is 5.56 Å². The van der Waals surface area contributed by atoms with Gasteiger partial charge in [-0.15, -0.1) is 0 Å². The van der Waals surface area contributed by atoms with Crippen molar-refractivity contribution in [2.75, 3.05) is 11.2 Å². The molecule has 0 aliphatic rings. The highest BCUT2D eigenvalue weighted by atomic mass is 32.2. The van der Waals surface area contributed by atoms with Gasteiger partial charge in [0.1, 0.15) is 16.0 Å². The zero-order chi connectivity index (χ0) is 14.7. The summed E-state index contributed by atoms with van der Waals surface area (Å²) in [6.45, 7) is 0. The van der Waals surface area contributed by atoms with E-state index in [9.17, 15) is 26.1 Å². The second-order valence-electron chi connectivity index (χ2n) is 3.41. The molecular formula is C9H8F3N2O3S2-. The van der Waals surface area contributed by atoms with Crippen LogP contribution in [0.15, 0.2) is 24.3 Å². The summed E-state index contributed by atoms with van der Waals surface area (Å²) >= 11 is 4.66. The van der Waals surface area contributed by atoms with Crippen molar-refractivity contribution in [3.63, 3.8) is 0 Å². The molecular weight excluding hydrogens is 305 g/mol. The lowest BCUT2D eigenvalue weighted by Gasteiger charge is -2.13. The number of thiocarbonyl (C=S) groups is 1. The summed E-state index contributed by atoms with van der Waals surface area (Å²) in [5.74, 6) is -0.903. The van der Waals surface area contributed by atoms with E-state index in [1.165, 1.54) is 0 Å². The molecule has 0 saturated heterocycles. The monoisotopic (exact) mass is 313 g/mol. The summed E-state index contributed by atoms with van der Waals surface area (Å²) in [5, 5.41) is 4.38. The predicted molar refractivity (Wildman–Crippen MR) is 65.4 cm³/mol. The highest BCUT2D eigenvalue weighted by molar-refractivity contribution is 7.85. The number of rotatable bonds is 3. The summed E-state index contributed by atoms with van der Waals surface area (Å²) in [6.07, 6.45) is -4.44. The standard InChI is InChI=1S/C9H9F3N2O3S2/c10-9(11,12)6-1-3-7(4-2-6)14-8(18)13-5-19(15,16)17/h1-4H,5H2,(H2,13,14,18)(H,15,16,17)/p-1. The van der Waals surface area contributed by atoms with Crippen molar-refractivity contribution in [3.05, 3.63) is 29.8 Å². The molecule has 0 heterocycles. The Kier molecular flexibility index (Phi) is 4.71. The van der Waals surface area contributed by atoms with Crippen LogP contribution in [0.25, 0.3) is 0 Å². The van der Waals surface area contributed by atoms with Gasteiger partial charge in [0.15, 0.2) is 5.11 Å². The smallest absolute Gasteiger partial charge is 0.416 e. The molecule has 1 aromatic carbocycles. The molecule has 0 atom stereocenters. The SMILES string of the molecule is O=S(=O)([O-])CNC(=S)Nc1ccc(C(F)(F)F)cc1. The molecule has 0 aliphatic carbocycles.